The summed E-state index contributed by atoms with van der Waals surface area (Å²) in [6, 6.07) is 0.0493. The van der Waals surface area contributed by atoms with Crippen molar-refractivity contribution in [3.05, 3.63) is 0 Å². The van der Waals surface area contributed by atoms with Gasteiger partial charge in [0.25, 0.3) is 0 Å². The summed E-state index contributed by atoms with van der Waals surface area (Å²) in [5.41, 5.74) is 0. The summed E-state index contributed by atoms with van der Waals surface area (Å²) in [4.78, 5) is 25.0. The number of nitrogens with one attached hydrogen (secondary N) is 1. The number of amides is 1. The number of carboxylic acids is 1. The number of carbonyl (C=O) groups excluding carboxylic acids is 1. The van der Waals surface area contributed by atoms with Crippen molar-refractivity contribution in [1.29, 1.82) is 0 Å². The topological polar surface area (TPSA) is 88.1 Å². The number of carbonyl (C=O) groups is 2. The van der Waals surface area contributed by atoms with E-state index < -0.39 is 12.1 Å². The highest BCUT2D eigenvalue weighted by molar-refractivity contribution is 5.80. The van der Waals surface area contributed by atoms with Gasteiger partial charge >= 0.3 is 5.97 Å². The Bertz CT molecular complexity index is 363. The van der Waals surface area contributed by atoms with Crippen LogP contribution >= 0.6 is 0 Å². The van der Waals surface area contributed by atoms with Crippen molar-refractivity contribution in [2.24, 2.45) is 5.92 Å². The number of likely N-dealkylation sites (N-methyl/N-ethyl adjacent to an activating group) is 1. The van der Waals surface area contributed by atoms with Crippen LogP contribution in [0.2, 0.25) is 0 Å². The molecule has 0 bridgehead atoms. The predicted molar refractivity (Wildman–Crippen MR) is 70.3 cm³/mol. The van der Waals surface area contributed by atoms with Crippen LogP contribution < -0.4 is 5.32 Å². The molecule has 0 aromatic rings. The molecule has 2 aliphatic rings. The van der Waals surface area contributed by atoms with Crippen molar-refractivity contribution < 1.29 is 24.2 Å². The van der Waals surface area contributed by atoms with E-state index in [-0.39, 0.29) is 24.3 Å². The Balaban J connectivity index is 1.92. The molecule has 3 unspecified atom stereocenters. The van der Waals surface area contributed by atoms with Crippen molar-refractivity contribution in [3.63, 3.8) is 0 Å². The van der Waals surface area contributed by atoms with E-state index >= 15 is 0 Å². The van der Waals surface area contributed by atoms with Crippen LogP contribution in [0.15, 0.2) is 0 Å². The van der Waals surface area contributed by atoms with E-state index in [1.165, 1.54) is 0 Å². The van der Waals surface area contributed by atoms with Gasteiger partial charge in [0.15, 0.2) is 0 Å². The van der Waals surface area contributed by atoms with Crippen LogP contribution in [0.3, 0.4) is 0 Å². The Hall–Kier alpha value is -1.18. The predicted octanol–water partition coefficient (Wildman–Crippen LogP) is -0.687. The summed E-state index contributed by atoms with van der Waals surface area (Å²) < 4.78 is 10.8. The lowest BCUT2D eigenvalue weighted by Gasteiger charge is -2.34. The minimum Gasteiger partial charge on any atom is -0.481 e. The SMILES string of the molecule is CCNC1COCC1C(=O)N1CCOC(CC(=O)O)C1. The third-order valence-corrected chi connectivity index (χ3v) is 3.72. The molecule has 20 heavy (non-hydrogen) atoms. The standard InChI is InChI=1S/C13H22N2O5/c1-2-14-11-8-19-7-10(11)13(18)15-3-4-20-9(6-15)5-12(16)17/h9-11,14H,2-8H2,1H3,(H,16,17). The van der Waals surface area contributed by atoms with Crippen LogP contribution in [-0.4, -0.2) is 73.5 Å². The average Bonchev–Trinajstić information content (AvgIpc) is 2.86. The van der Waals surface area contributed by atoms with Crippen LogP contribution in [0.5, 0.6) is 0 Å². The molecule has 0 aliphatic carbocycles. The molecule has 0 aromatic heterocycles. The second-order valence-corrected chi connectivity index (χ2v) is 5.18. The minimum atomic E-state index is -0.904. The van der Waals surface area contributed by atoms with Gasteiger partial charge in [-0.25, -0.2) is 0 Å². The summed E-state index contributed by atoms with van der Waals surface area (Å²) in [6.07, 6.45) is -0.480. The monoisotopic (exact) mass is 286 g/mol. The van der Waals surface area contributed by atoms with Crippen LogP contribution in [0, 0.1) is 5.92 Å². The van der Waals surface area contributed by atoms with Crippen molar-refractivity contribution in [2.45, 2.75) is 25.5 Å². The van der Waals surface area contributed by atoms with Gasteiger partial charge in [0.2, 0.25) is 5.91 Å². The quantitative estimate of drug-likeness (QED) is 0.696. The molecular formula is C13H22N2O5. The molecule has 7 nitrogen and oxygen atoms in total. The maximum absolute atomic E-state index is 12.5. The third-order valence-electron chi connectivity index (χ3n) is 3.72. The molecule has 2 N–H and O–H groups in total. The van der Waals surface area contributed by atoms with Crippen molar-refractivity contribution >= 4 is 11.9 Å². The number of ether oxygens (including phenoxy) is 2. The van der Waals surface area contributed by atoms with Crippen LogP contribution in [0.1, 0.15) is 13.3 Å². The van der Waals surface area contributed by atoms with E-state index in [4.69, 9.17) is 14.6 Å². The number of hydrogen-bond donors (Lipinski definition) is 2. The summed E-state index contributed by atoms with van der Waals surface area (Å²) in [5.74, 6) is -1.05. The molecule has 0 aromatic carbocycles. The van der Waals surface area contributed by atoms with E-state index in [9.17, 15) is 9.59 Å². The van der Waals surface area contributed by atoms with Gasteiger partial charge in [-0.1, -0.05) is 6.92 Å². The largest absolute Gasteiger partial charge is 0.481 e. The minimum absolute atomic E-state index is 0.0344. The van der Waals surface area contributed by atoms with Gasteiger partial charge in [-0.05, 0) is 6.54 Å². The number of hydrogen-bond acceptors (Lipinski definition) is 5. The van der Waals surface area contributed by atoms with Gasteiger partial charge in [-0.2, -0.15) is 0 Å². The fourth-order valence-corrected chi connectivity index (χ4v) is 2.73. The first-order valence-corrected chi connectivity index (χ1v) is 7.05. The summed E-state index contributed by atoms with van der Waals surface area (Å²) in [7, 11) is 0. The lowest BCUT2D eigenvalue weighted by Crippen LogP contribution is -2.51. The second-order valence-electron chi connectivity index (χ2n) is 5.18. The van der Waals surface area contributed by atoms with Gasteiger partial charge in [0.1, 0.15) is 0 Å². The molecule has 7 heteroatoms. The highest BCUT2D eigenvalue weighted by Gasteiger charge is 2.37. The highest BCUT2D eigenvalue weighted by Crippen LogP contribution is 2.19. The Labute approximate surface area is 118 Å². The maximum Gasteiger partial charge on any atom is 0.306 e. The van der Waals surface area contributed by atoms with Crippen LogP contribution in [0.4, 0.5) is 0 Å². The van der Waals surface area contributed by atoms with Crippen LogP contribution in [0.25, 0.3) is 0 Å². The summed E-state index contributed by atoms with van der Waals surface area (Å²) in [6.45, 7) is 5.03. The van der Waals surface area contributed by atoms with E-state index in [1.54, 1.807) is 4.90 Å². The third kappa shape index (κ3) is 3.68. The Morgan fingerprint density at radius 2 is 2.20 bits per heavy atom. The lowest BCUT2D eigenvalue weighted by molar-refractivity contribution is -0.150. The molecule has 2 heterocycles. The number of carboxylic acid groups (broad SMARTS) is 1. The van der Waals surface area contributed by atoms with Crippen molar-refractivity contribution in [3.8, 4) is 0 Å². The molecule has 114 valence electrons. The lowest BCUT2D eigenvalue weighted by atomic mass is 10.0. The molecule has 0 saturated carbocycles. The number of aliphatic carboxylic acids is 1. The summed E-state index contributed by atoms with van der Waals surface area (Å²) >= 11 is 0. The van der Waals surface area contributed by atoms with Gasteiger partial charge in [0, 0.05) is 19.1 Å². The smallest absolute Gasteiger partial charge is 0.306 e. The van der Waals surface area contributed by atoms with E-state index in [0.717, 1.165) is 6.54 Å². The number of rotatable bonds is 5. The Morgan fingerprint density at radius 3 is 2.90 bits per heavy atom. The molecule has 2 rings (SSSR count). The first-order valence-electron chi connectivity index (χ1n) is 7.05. The van der Waals surface area contributed by atoms with E-state index in [0.29, 0.717) is 32.9 Å². The van der Waals surface area contributed by atoms with Crippen molar-refractivity contribution in [2.75, 3.05) is 39.5 Å². The van der Waals surface area contributed by atoms with Crippen LogP contribution in [-0.2, 0) is 19.1 Å². The van der Waals surface area contributed by atoms with E-state index in [1.807, 2.05) is 6.92 Å². The highest BCUT2D eigenvalue weighted by atomic mass is 16.5. The zero-order valence-electron chi connectivity index (χ0n) is 11.7. The first kappa shape index (κ1) is 15.2. The molecule has 2 saturated heterocycles. The molecule has 2 fully saturated rings. The first-order chi connectivity index (χ1) is 9.61. The fourth-order valence-electron chi connectivity index (χ4n) is 2.73. The van der Waals surface area contributed by atoms with Gasteiger partial charge in [-0.3, -0.25) is 9.59 Å². The van der Waals surface area contributed by atoms with Gasteiger partial charge in [-0.15, -0.1) is 0 Å². The maximum atomic E-state index is 12.5. The summed E-state index contributed by atoms with van der Waals surface area (Å²) in [5, 5.41) is 12.1. The molecule has 1 amide bonds. The number of morpholine rings is 1. The Kier molecular flexibility index (Phi) is 5.33. The Morgan fingerprint density at radius 1 is 1.40 bits per heavy atom. The zero-order chi connectivity index (χ0) is 14.5. The molecule has 0 spiro atoms. The fraction of sp³-hybridized carbons (Fsp3) is 0.846. The van der Waals surface area contributed by atoms with Gasteiger partial charge in [0.05, 0.1) is 38.3 Å². The average molecular weight is 286 g/mol. The van der Waals surface area contributed by atoms with E-state index in [2.05, 4.69) is 5.32 Å². The van der Waals surface area contributed by atoms with Gasteiger partial charge < -0.3 is 24.8 Å². The second kappa shape index (κ2) is 7.01. The van der Waals surface area contributed by atoms with Crippen molar-refractivity contribution in [1.82, 2.24) is 10.2 Å². The molecule has 2 aliphatic heterocycles. The molecule has 0 radical (unpaired) electrons. The molecule has 3 atom stereocenters. The number of nitrogens with zero attached hydrogens (tertiary/aromatic N) is 1. The normalized spacial score (nSPS) is 30.4. The zero-order valence-corrected chi connectivity index (χ0v) is 11.7. The molecular weight excluding hydrogens is 264 g/mol.